The van der Waals surface area contributed by atoms with Crippen LogP contribution >= 0.6 is 0 Å². The highest BCUT2D eigenvalue weighted by molar-refractivity contribution is 5.97. The summed E-state index contributed by atoms with van der Waals surface area (Å²) in [6, 6.07) is 4.44. The minimum absolute atomic E-state index is 0.0919. The van der Waals surface area contributed by atoms with Gasteiger partial charge in [0.2, 0.25) is 0 Å². The number of allylic oxidation sites excluding steroid dienone is 6. The van der Waals surface area contributed by atoms with Crippen molar-refractivity contribution in [3.05, 3.63) is 34.9 Å². The molecule has 3 heteroatoms. The minimum atomic E-state index is -1.08. The Hall–Kier alpha value is -2.13. The van der Waals surface area contributed by atoms with Crippen LogP contribution in [0.1, 0.15) is 32.1 Å². The molecule has 0 amide bonds. The maximum Gasteiger partial charge on any atom is 0.169 e. The Kier molecular flexibility index (Phi) is 2.64. The van der Waals surface area contributed by atoms with E-state index in [-0.39, 0.29) is 11.7 Å². The minimum Gasteiger partial charge on any atom is -0.294 e. The zero-order valence-corrected chi connectivity index (χ0v) is 10.6. The summed E-state index contributed by atoms with van der Waals surface area (Å²) < 4.78 is 0. The largest absolute Gasteiger partial charge is 0.294 e. The SMILES string of the molecule is N#CC1(C#N)CC2=CC(=O)CC2=CC2CCCC=C21. The average molecular weight is 250 g/mol. The fraction of sp³-hybridized carbons (Fsp3) is 0.438. The van der Waals surface area contributed by atoms with Gasteiger partial charge in [-0.1, -0.05) is 12.2 Å². The van der Waals surface area contributed by atoms with E-state index in [1.165, 1.54) is 0 Å². The molecule has 0 saturated carbocycles. The summed E-state index contributed by atoms with van der Waals surface area (Å²) in [5, 5.41) is 19.1. The second-order valence-corrected chi connectivity index (χ2v) is 5.51. The van der Waals surface area contributed by atoms with E-state index >= 15 is 0 Å². The summed E-state index contributed by atoms with van der Waals surface area (Å²) in [7, 11) is 0. The topological polar surface area (TPSA) is 64.7 Å². The third-order valence-electron chi connectivity index (χ3n) is 4.33. The van der Waals surface area contributed by atoms with Crippen LogP contribution in [-0.2, 0) is 4.79 Å². The van der Waals surface area contributed by atoms with Gasteiger partial charge in [0, 0.05) is 18.8 Å². The number of nitriles is 2. The van der Waals surface area contributed by atoms with Gasteiger partial charge in [0.05, 0.1) is 12.1 Å². The highest BCUT2D eigenvalue weighted by Crippen LogP contribution is 2.48. The smallest absolute Gasteiger partial charge is 0.169 e. The molecule has 1 unspecified atom stereocenters. The van der Waals surface area contributed by atoms with Gasteiger partial charge in [0.15, 0.2) is 11.2 Å². The van der Waals surface area contributed by atoms with E-state index in [1.807, 2.05) is 0 Å². The monoisotopic (exact) mass is 250 g/mol. The second kappa shape index (κ2) is 4.21. The standard InChI is InChI=1S/C16H14N2O/c17-9-16(10-18)8-13-7-14(19)6-12(13)5-11-3-1-2-4-15(11)16/h4-5,7,11H,1-3,6,8H2. The van der Waals surface area contributed by atoms with E-state index in [4.69, 9.17) is 0 Å². The third-order valence-corrected chi connectivity index (χ3v) is 4.33. The number of fused-ring (bicyclic) bond motifs is 2. The summed E-state index contributed by atoms with van der Waals surface area (Å²) >= 11 is 0. The lowest BCUT2D eigenvalue weighted by atomic mass is 9.71. The molecular formula is C16H14N2O. The van der Waals surface area contributed by atoms with Gasteiger partial charge in [-0.25, -0.2) is 0 Å². The zero-order chi connectivity index (χ0) is 13.5. The van der Waals surface area contributed by atoms with Gasteiger partial charge < -0.3 is 0 Å². The van der Waals surface area contributed by atoms with Crippen molar-refractivity contribution in [2.24, 2.45) is 11.3 Å². The fourth-order valence-corrected chi connectivity index (χ4v) is 3.40. The third kappa shape index (κ3) is 1.74. The molecule has 0 heterocycles. The Labute approximate surface area is 112 Å². The normalized spacial score (nSPS) is 27.8. The van der Waals surface area contributed by atoms with Crippen molar-refractivity contribution >= 4 is 5.78 Å². The first-order valence-electron chi connectivity index (χ1n) is 6.66. The van der Waals surface area contributed by atoms with Gasteiger partial charge in [-0.2, -0.15) is 10.5 Å². The maximum absolute atomic E-state index is 11.6. The Balaban J connectivity index is 2.16. The first-order chi connectivity index (χ1) is 9.18. The van der Waals surface area contributed by atoms with Crippen molar-refractivity contribution in [1.82, 2.24) is 0 Å². The summed E-state index contributed by atoms with van der Waals surface area (Å²) in [6.45, 7) is 0. The van der Waals surface area contributed by atoms with Crippen molar-refractivity contribution in [3.63, 3.8) is 0 Å². The van der Waals surface area contributed by atoms with Crippen molar-refractivity contribution in [2.45, 2.75) is 32.1 Å². The molecule has 19 heavy (non-hydrogen) atoms. The second-order valence-electron chi connectivity index (χ2n) is 5.51. The first kappa shape index (κ1) is 11.9. The number of hydrogen-bond donors (Lipinski definition) is 0. The molecule has 0 bridgehead atoms. The summed E-state index contributed by atoms with van der Waals surface area (Å²) in [5.74, 6) is 0.245. The van der Waals surface area contributed by atoms with E-state index < -0.39 is 5.41 Å². The molecule has 3 nitrogen and oxygen atoms in total. The fourth-order valence-electron chi connectivity index (χ4n) is 3.40. The quantitative estimate of drug-likeness (QED) is 0.621. The van der Waals surface area contributed by atoms with Crippen molar-refractivity contribution in [3.8, 4) is 12.1 Å². The summed E-state index contributed by atoms with van der Waals surface area (Å²) in [6.07, 6.45) is 9.61. The number of nitrogens with zero attached hydrogens (tertiary/aromatic N) is 2. The average Bonchev–Trinajstić information content (AvgIpc) is 2.70. The van der Waals surface area contributed by atoms with Crippen molar-refractivity contribution in [1.29, 1.82) is 10.5 Å². The molecule has 94 valence electrons. The van der Waals surface area contributed by atoms with Crippen LogP contribution in [0, 0.1) is 34.0 Å². The van der Waals surface area contributed by atoms with E-state index in [0.29, 0.717) is 12.8 Å². The van der Waals surface area contributed by atoms with Gasteiger partial charge in [-0.3, -0.25) is 4.79 Å². The molecule has 0 saturated heterocycles. The lowest BCUT2D eigenvalue weighted by molar-refractivity contribution is -0.113. The Morgan fingerprint density at radius 2 is 2.05 bits per heavy atom. The predicted molar refractivity (Wildman–Crippen MR) is 69.5 cm³/mol. The van der Waals surface area contributed by atoms with Gasteiger partial charge in [-0.15, -0.1) is 0 Å². The van der Waals surface area contributed by atoms with Crippen LogP contribution in [0.4, 0.5) is 0 Å². The molecule has 3 aliphatic rings. The van der Waals surface area contributed by atoms with Crippen LogP contribution in [0.3, 0.4) is 0 Å². The predicted octanol–water partition coefficient (Wildman–Crippen LogP) is 2.98. The lowest BCUT2D eigenvalue weighted by Gasteiger charge is -2.28. The highest BCUT2D eigenvalue weighted by Gasteiger charge is 2.43. The van der Waals surface area contributed by atoms with Gasteiger partial charge in [0.1, 0.15) is 0 Å². The van der Waals surface area contributed by atoms with E-state index in [9.17, 15) is 15.3 Å². The number of hydrogen-bond acceptors (Lipinski definition) is 3. The van der Waals surface area contributed by atoms with Gasteiger partial charge >= 0.3 is 0 Å². The molecule has 0 N–H and O–H groups in total. The van der Waals surface area contributed by atoms with Crippen LogP contribution in [-0.4, -0.2) is 5.78 Å². The molecule has 0 fully saturated rings. The number of ketones is 1. The van der Waals surface area contributed by atoms with Gasteiger partial charge in [0.25, 0.3) is 0 Å². The van der Waals surface area contributed by atoms with Gasteiger partial charge in [-0.05, 0) is 42.1 Å². The molecule has 0 spiro atoms. The molecule has 0 radical (unpaired) electrons. The van der Waals surface area contributed by atoms with E-state index in [1.54, 1.807) is 6.08 Å². The molecule has 0 aromatic heterocycles. The molecular weight excluding hydrogens is 236 g/mol. The van der Waals surface area contributed by atoms with Crippen LogP contribution in [0.15, 0.2) is 34.9 Å². The molecule has 0 aromatic carbocycles. The Morgan fingerprint density at radius 1 is 1.26 bits per heavy atom. The molecule has 3 aliphatic carbocycles. The number of carbonyl (C=O) groups is 1. The maximum atomic E-state index is 11.6. The highest BCUT2D eigenvalue weighted by atomic mass is 16.1. The molecule has 0 aromatic rings. The van der Waals surface area contributed by atoms with E-state index in [0.717, 1.165) is 36.0 Å². The lowest BCUT2D eigenvalue weighted by Crippen LogP contribution is -2.25. The number of carbonyl (C=O) groups excluding carboxylic acids is 1. The summed E-state index contributed by atoms with van der Waals surface area (Å²) in [4.78, 5) is 11.6. The van der Waals surface area contributed by atoms with Crippen LogP contribution in [0.25, 0.3) is 0 Å². The summed E-state index contributed by atoms with van der Waals surface area (Å²) in [5.41, 5.74) is 1.80. The van der Waals surface area contributed by atoms with E-state index in [2.05, 4.69) is 24.3 Å². The number of rotatable bonds is 0. The zero-order valence-electron chi connectivity index (χ0n) is 10.6. The Bertz CT molecular complexity index is 608. The van der Waals surface area contributed by atoms with Crippen LogP contribution in [0.2, 0.25) is 0 Å². The Morgan fingerprint density at radius 3 is 2.79 bits per heavy atom. The molecule has 0 aliphatic heterocycles. The molecule has 3 rings (SSSR count). The van der Waals surface area contributed by atoms with Crippen LogP contribution < -0.4 is 0 Å². The first-order valence-corrected chi connectivity index (χ1v) is 6.66. The molecule has 1 atom stereocenters. The van der Waals surface area contributed by atoms with Crippen LogP contribution in [0.5, 0.6) is 0 Å². The van der Waals surface area contributed by atoms with Crippen molar-refractivity contribution in [2.75, 3.05) is 0 Å². The van der Waals surface area contributed by atoms with Crippen molar-refractivity contribution < 1.29 is 4.79 Å².